The predicted molar refractivity (Wildman–Crippen MR) is 121 cm³/mol. The number of benzene rings is 2. The molecule has 1 aromatic heterocycles. The van der Waals surface area contributed by atoms with Gasteiger partial charge in [-0.05, 0) is 31.0 Å². The molecule has 30 heavy (non-hydrogen) atoms. The molecule has 2 atom stereocenters. The van der Waals surface area contributed by atoms with E-state index in [1.165, 1.54) is 11.3 Å². The summed E-state index contributed by atoms with van der Waals surface area (Å²) in [6.07, 6.45) is 0.721. The van der Waals surface area contributed by atoms with Gasteiger partial charge >= 0.3 is 0 Å². The van der Waals surface area contributed by atoms with Crippen LogP contribution >= 0.6 is 22.9 Å². The van der Waals surface area contributed by atoms with Crippen LogP contribution in [-0.2, 0) is 4.79 Å². The molecule has 0 fully saturated rings. The maximum absolute atomic E-state index is 12.9. The van der Waals surface area contributed by atoms with E-state index in [9.17, 15) is 9.59 Å². The minimum absolute atomic E-state index is 0.0716. The molecule has 2 aromatic carbocycles. The van der Waals surface area contributed by atoms with Gasteiger partial charge in [-0.25, -0.2) is 0 Å². The first-order valence-electron chi connectivity index (χ1n) is 9.65. The summed E-state index contributed by atoms with van der Waals surface area (Å²) in [4.78, 5) is 25.6. The quantitative estimate of drug-likeness (QED) is 0.542. The van der Waals surface area contributed by atoms with Crippen LogP contribution in [-0.4, -0.2) is 28.1 Å². The molecule has 0 spiro atoms. The van der Waals surface area contributed by atoms with Crippen LogP contribution in [0.2, 0.25) is 5.02 Å². The van der Waals surface area contributed by atoms with Crippen LogP contribution in [0.15, 0.2) is 48.5 Å². The maximum Gasteiger partial charge on any atom is 0.251 e. The lowest BCUT2D eigenvalue weighted by molar-refractivity contribution is -0.119. The van der Waals surface area contributed by atoms with Crippen molar-refractivity contribution in [2.45, 2.75) is 33.2 Å². The summed E-state index contributed by atoms with van der Waals surface area (Å²) >= 11 is 7.26. The summed E-state index contributed by atoms with van der Waals surface area (Å²) in [6, 6.07) is 13.8. The maximum atomic E-state index is 12.9. The van der Waals surface area contributed by atoms with Gasteiger partial charge in [-0.2, -0.15) is 0 Å². The second-order valence-corrected chi connectivity index (χ2v) is 8.53. The molecule has 6 nitrogen and oxygen atoms in total. The highest BCUT2D eigenvalue weighted by molar-refractivity contribution is 7.18. The second kappa shape index (κ2) is 9.82. The Kier molecular flexibility index (Phi) is 7.18. The number of anilines is 1. The standard InChI is InChI=1S/C22H23ClN4O2S/c1-4-14(3)18(24-19(28)16-6-5-7-17(23)12-16)20(29)25-22-27-26-21(30-22)15-10-8-13(2)9-11-15/h5-12,14,18H,4H2,1-3H3,(H,24,28)(H,25,27,29). The van der Waals surface area contributed by atoms with Crippen molar-refractivity contribution in [3.05, 3.63) is 64.7 Å². The molecule has 2 unspecified atom stereocenters. The van der Waals surface area contributed by atoms with Gasteiger partial charge in [0, 0.05) is 16.1 Å². The number of rotatable bonds is 7. The summed E-state index contributed by atoms with van der Waals surface area (Å²) in [5.41, 5.74) is 2.50. The number of carbonyl (C=O) groups excluding carboxylic acids is 2. The van der Waals surface area contributed by atoms with Gasteiger partial charge in [0.1, 0.15) is 11.0 Å². The molecule has 2 amide bonds. The van der Waals surface area contributed by atoms with E-state index in [1.54, 1.807) is 24.3 Å². The lowest BCUT2D eigenvalue weighted by Gasteiger charge is -2.23. The van der Waals surface area contributed by atoms with Crippen molar-refractivity contribution in [3.8, 4) is 10.6 Å². The zero-order valence-electron chi connectivity index (χ0n) is 17.0. The zero-order chi connectivity index (χ0) is 21.7. The van der Waals surface area contributed by atoms with Crippen molar-refractivity contribution in [3.63, 3.8) is 0 Å². The molecular formula is C22H23ClN4O2S. The first kappa shape index (κ1) is 21.9. The second-order valence-electron chi connectivity index (χ2n) is 7.11. The van der Waals surface area contributed by atoms with E-state index < -0.39 is 6.04 Å². The number of aromatic nitrogens is 2. The Labute approximate surface area is 184 Å². The topological polar surface area (TPSA) is 84.0 Å². The minimum Gasteiger partial charge on any atom is -0.340 e. The number of nitrogens with one attached hydrogen (secondary N) is 2. The Morgan fingerprint density at radius 1 is 1.13 bits per heavy atom. The van der Waals surface area contributed by atoms with E-state index in [0.717, 1.165) is 17.5 Å². The van der Waals surface area contributed by atoms with Crippen molar-refractivity contribution in [1.82, 2.24) is 15.5 Å². The number of amides is 2. The SMILES string of the molecule is CCC(C)C(NC(=O)c1cccc(Cl)c1)C(=O)Nc1nnc(-c2ccc(C)cc2)s1. The molecule has 0 saturated carbocycles. The summed E-state index contributed by atoms with van der Waals surface area (Å²) in [5, 5.41) is 15.4. The van der Waals surface area contributed by atoms with Crippen molar-refractivity contribution in [2.75, 3.05) is 5.32 Å². The molecule has 3 rings (SSSR count). The molecule has 0 aliphatic heterocycles. The fourth-order valence-corrected chi connectivity index (χ4v) is 3.77. The largest absolute Gasteiger partial charge is 0.340 e. The van der Waals surface area contributed by atoms with Crippen molar-refractivity contribution in [2.24, 2.45) is 5.92 Å². The predicted octanol–water partition coefficient (Wildman–Crippen LogP) is 4.95. The van der Waals surface area contributed by atoms with Gasteiger partial charge < -0.3 is 5.32 Å². The van der Waals surface area contributed by atoms with Gasteiger partial charge in [-0.3, -0.25) is 14.9 Å². The molecule has 0 aliphatic rings. The van der Waals surface area contributed by atoms with Crippen molar-refractivity contribution in [1.29, 1.82) is 0 Å². The van der Waals surface area contributed by atoms with Crippen LogP contribution in [0.1, 0.15) is 36.2 Å². The minimum atomic E-state index is -0.715. The van der Waals surface area contributed by atoms with Crippen molar-refractivity contribution < 1.29 is 9.59 Å². The third kappa shape index (κ3) is 5.43. The highest BCUT2D eigenvalue weighted by Crippen LogP contribution is 2.27. The molecule has 8 heteroatoms. The number of aryl methyl sites for hydroxylation is 1. The highest BCUT2D eigenvalue weighted by atomic mass is 35.5. The van der Waals surface area contributed by atoms with E-state index >= 15 is 0 Å². The normalized spacial score (nSPS) is 12.8. The Balaban J connectivity index is 1.73. The number of nitrogens with zero attached hydrogens (tertiary/aromatic N) is 2. The Hall–Kier alpha value is -2.77. The third-order valence-electron chi connectivity index (χ3n) is 4.82. The molecule has 0 saturated heterocycles. The van der Waals surface area contributed by atoms with Gasteiger partial charge in [-0.15, -0.1) is 10.2 Å². The lowest BCUT2D eigenvalue weighted by atomic mass is 9.98. The fraction of sp³-hybridized carbons (Fsp3) is 0.273. The van der Waals surface area contributed by atoms with Crippen LogP contribution in [0, 0.1) is 12.8 Å². The molecule has 156 valence electrons. The van der Waals surface area contributed by atoms with E-state index in [4.69, 9.17) is 11.6 Å². The van der Waals surface area contributed by atoms with Crippen LogP contribution in [0.25, 0.3) is 10.6 Å². The smallest absolute Gasteiger partial charge is 0.251 e. The average molecular weight is 443 g/mol. The van der Waals surface area contributed by atoms with E-state index in [-0.39, 0.29) is 17.7 Å². The summed E-state index contributed by atoms with van der Waals surface area (Å²) in [5.74, 6) is -0.750. The summed E-state index contributed by atoms with van der Waals surface area (Å²) in [7, 11) is 0. The number of carbonyl (C=O) groups is 2. The van der Waals surface area contributed by atoms with E-state index in [2.05, 4.69) is 20.8 Å². The van der Waals surface area contributed by atoms with Crippen molar-refractivity contribution >= 4 is 39.9 Å². The van der Waals surface area contributed by atoms with Crippen LogP contribution in [0.3, 0.4) is 0 Å². The third-order valence-corrected chi connectivity index (χ3v) is 5.95. The van der Waals surface area contributed by atoms with Gasteiger partial charge in [-0.1, -0.05) is 79.1 Å². The number of hydrogen-bond donors (Lipinski definition) is 2. The Bertz CT molecular complexity index is 1040. The molecule has 0 bridgehead atoms. The van der Waals surface area contributed by atoms with Gasteiger partial charge in [0.2, 0.25) is 11.0 Å². The zero-order valence-corrected chi connectivity index (χ0v) is 18.6. The van der Waals surface area contributed by atoms with Gasteiger partial charge in [0.05, 0.1) is 0 Å². The number of halogens is 1. The molecular weight excluding hydrogens is 420 g/mol. The van der Waals surface area contributed by atoms with Crippen LogP contribution in [0.4, 0.5) is 5.13 Å². The highest BCUT2D eigenvalue weighted by Gasteiger charge is 2.27. The van der Waals surface area contributed by atoms with Gasteiger partial charge in [0.15, 0.2) is 0 Å². The van der Waals surface area contributed by atoms with E-state index in [0.29, 0.717) is 20.7 Å². The van der Waals surface area contributed by atoms with Gasteiger partial charge in [0.25, 0.3) is 5.91 Å². The monoisotopic (exact) mass is 442 g/mol. The molecule has 0 aliphatic carbocycles. The first-order chi connectivity index (χ1) is 14.4. The Morgan fingerprint density at radius 2 is 1.87 bits per heavy atom. The summed E-state index contributed by atoms with van der Waals surface area (Å²) in [6.45, 7) is 5.90. The van der Waals surface area contributed by atoms with E-state index in [1.807, 2.05) is 45.0 Å². The molecule has 2 N–H and O–H groups in total. The molecule has 3 aromatic rings. The first-order valence-corrected chi connectivity index (χ1v) is 10.8. The summed E-state index contributed by atoms with van der Waals surface area (Å²) < 4.78 is 0. The van der Waals surface area contributed by atoms with Crippen LogP contribution in [0.5, 0.6) is 0 Å². The lowest BCUT2D eigenvalue weighted by Crippen LogP contribution is -2.47. The fourth-order valence-electron chi connectivity index (χ4n) is 2.83. The molecule has 0 radical (unpaired) electrons. The average Bonchev–Trinajstić information content (AvgIpc) is 3.20. The van der Waals surface area contributed by atoms with Crippen LogP contribution < -0.4 is 10.6 Å². The number of hydrogen-bond acceptors (Lipinski definition) is 5. The molecule has 1 heterocycles. The Morgan fingerprint density at radius 3 is 2.53 bits per heavy atom.